The van der Waals surface area contributed by atoms with Gasteiger partial charge in [0.1, 0.15) is 12.4 Å². The first-order valence-electron chi connectivity index (χ1n) is 7.58. The second-order valence-electron chi connectivity index (χ2n) is 5.47. The highest BCUT2D eigenvalue weighted by Crippen LogP contribution is 2.16. The molecule has 0 spiro atoms. The number of carbonyl (C=O) groups excluding carboxylic acids is 1. The number of rotatable bonds is 8. The second-order valence-corrected chi connectivity index (χ2v) is 5.47. The monoisotopic (exact) mass is 312 g/mol. The summed E-state index contributed by atoms with van der Waals surface area (Å²) in [7, 11) is 0. The number of hydrogen-bond acceptors (Lipinski definition) is 3. The number of aryl methyl sites for hydroxylation is 1. The van der Waals surface area contributed by atoms with Crippen LogP contribution in [-0.2, 0) is 11.4 Å². The van der Waals surface area contributed by atoms with Gasteiger partial charge in [-0.1, -0.05) is 29.8 Å². The Hall–Kier alpha value is -2.62. The van der Waals surface area contributed by atoms with Crippen LogP contribution in [0.2, 0.25) is 0 Å². The molecule has 23 heavy (non-hydrogen) atoms. The molecule has 0 aromatic heterocycles. The molecule has 0 heterocycles. The predicted molar refractivity (Wildman–Crippen MR) is 87.8 cm³/mol. The normalized spacial score (nSPS) is 10.3. The summed E-state index contributed by atoms with van der Waals surface area (Å²) in [5.41, 5.74) is 2.87. The first-order chi connectivity index (χ1) is 11.0. The molecule has 0 aliphatic carbocycles. The molecule has 0 amide bonds. The molecule has 0 fully saturated rings. The van der Waals surface area contributed by atoms with Crippen molar-refractivity contribution in [3.63, 3.8) is 0 Å². The van der Waals surface area contributed by atoms with E-state index < -0.39 is 5.97 Å². The number of carboxylic acid groups (broad SMARTS) is 1. The van der Waals surface area contributed by atoms with E-state index in [0.717, 1.165) is 5.56 Å². The Balaban J connectivity index is 1.86. The molecule has 2 rings (SSSR count). The van der Waals surface area contributed by atoms with Gasteiger partial charge in [0.25, 0.3) is 0 Å². The molecule has 2 aromatic carbocycles. The molecule has 1 N–H and O–H groups in total. The van der Waals surface area contributed by atoms with E-state index >= 15 is 0 Å². The molecule has 0 saturated carbocycles. The van der Waals surface area contributed by atoms with Crippen LogP contribution in [0.5, 0.6) is 5.75 Å². The van der Waals surface area contributed by atoms with Gasteiger partial charge in [-0.15, -0.1) is 0 Å². The molecule has 0 radical (unpaired) electrons. The zero-order valence-corrected chi connectivity index (χ0v) is 13.1. The first kappa shape index (κ1) is 16.7. The third kappa shape index (κ3) is 5.58. The van der Waals surface area contributed by atoms with E-state index in [1.807, 2.05) is 25.1 Å². The van der Waals surface area contributed by atoms with Gasteiger partial charge >= 0.3 is 5.97 Å². The first-order valence-corrected chi connectivity index (χ1v) is 7.58. The van der Waals surface area contributed by atoms with Gasteiger partial charge in [-0.05, 0) is 43.2 Å². The number of Topliss-reactive ketones (excluding diaryl/α,β-unsaturated/α-hetero) is 1. The lowest BCUT2D eigenvalue weighted by Gasteiger charge is -2.08. The number of ketones is 1. The van der Waals surface area contributed by atoms with E-state index in [1.54, 1.807) is 24.3 Å². The van der Waals surface area contributed by atoms with Crippen LogP contribution in [0.4, 0.5) is 0 Å². The van der Waals surface area contributed by atoms with Crippen LogP contribution in [0.15, 0.2) is 48.5 Å². The lowest BCUT2D eigenvalue weighted by atomic mass is 10.1. The van der Waals surface area contributed by atoms with Crippen molar-refractivity contribution in [1.29, 1.82) is 0 Å². The maximum atomic E-state index is 11.9. The molecule has 0 bridgehead atoms. The lowest BCUT2D eigenvalue weighted by molar-refractivity contribution is -0.137. The van der Waals surface area contributed by atoms with E-state index in [2.05, 4.69) is 6.07 Å². The minimum Gasteiger partial charge on any atom is -0.489 e. The SMILES string of the molecule is Cc1cccc(COc2ccc(C(=O)CCCC(=O)O)cc2)c1. The van der Waals surface area contributed by atoms with Gasteiger partial charge in [-0.25, -0.2) is 0 Å². The topological polar surface area (TPSA) is 63.6 Å². The Kier molecular flexibility index (Phi) is 5.92. The van der Waals surface area contributed by atoms with Crippen LogP contribution in [0.3, 0.4) is 0 Å². The number of ether oxygens (including phenoxy) is 1. The molecule has 120 valence electrons. The molecular formula is C19H20O4. The van der Waals surface area contributed by atoms with E-state index in [1.165, 1.54) is 5.56 Å². The number of aliphatic carboxylic acids is 1. The summed E-state index contributed by atoms with van der Waals surface area (Å²) in [6.07, 6.45) is 0.624. The quantitative estimate of drug-likeness (QED) is 0.748. The minimum absolute atomic E-state index is 0.0173. The number of carboxylic acids is 1. The van der Waals surface area contributed by atoms with E-state index in [0.29, 0.717) is 24.3 Å². The minimum atomic E-state index is -0.877. The van der Waals surface area contributed by atoms with Gasteiger partial charge in [0.15, 0.2) is 5.78 Å². The maximum Gasteiger partial charge on any atom is 0.303 e. The molecule has 0 aliphatic heterocycles. The molecule has 4 nitrogen and oxygen atoms in total. The fourth-order valence-electron chi connectivity index (χ4n) is 2.25. The summed E-state index contributed by atoms with van der Waals surface area (Å²) in [6, 6.07) is 15.1. The molecule has 0 unspecified atom stereocenters. The smallest absolute Gasteiger partial charge is 0.303 e. The number of carbonyl (C=O) groups is 2. The van der Waals surface area contributed by atoms with Crippen molar-refractivity contribution >= 4 is 11.8 Å². The van der Waals surface area contributed by atoms with Crippen LogP contribution in [-0.4, -0.2) is 16.9 Å². The predicted octanol–water partition coefficient (Wildman–Crippen LogP) is 4.01. The summed E-state index contributed by atoms with van der Waals surface area (Å²) in [4.78, 5) is 22.4. The van der Waals surface area contributed by atoms with E-state index in [9.17, 15) is 9.59 Å². The van der Waals surface area contributed by atoms with Crippen molar-refractivity contribution < 1.29 is 19.4 Å². The highest BCUT2D eigenvalue weighted by molar-refractivity contribution is 5.96. The van der Waals surface area contributed by atoms with Gasteiger partial charge in [0.05, 0.1) is 0 Å². The van der Waals surface area contributed by atoms with Gasteiger partial charge in [0.2, 0.25) is 0 Å². The second kappa shape index (κ2) is 8.13. The summed E-state index contributed by atoms with van der Waals surface area (Å²) >= 11 is 0. The van der Waals surface area contributed by atoms with Crippen LogP contribution in [0, 0.1) is 6.92 Å². The summed E-state index contributed by atoms with van der Waals surface area (Å²) in [5, 5.41) is 8.58. The fourth-order valence-corrected chi connectivity index (χ4v) is 2.25. The molecular weight excluding hydrogens is 292 g/mol. The molecule has 0 saturated heterocycles. The average Bonchev–Trinajstić information content (AvgIpc) is 2.53. The van der Waals surface area contributed by atoms with Crippen LogP contribution < -0.4 is 4.74 Å². The van der Waals surface area contributed by atoms with Gasteiger partial charge < -0.3 is 9.84 Å². The van der Waals surface area contributed by atoms with Gasteiger partial charge in [0, 0.05) is 18.4 Å². The lowest BCUT2D eigenvalue weighted by Crippen LogP contribution is -2.02. The largest absolute Gasteiger partial charge is 0.489 e. The Bertz CT molecular complexity index is 674. The molecule has 0 atom stereocenters. The van der Waals surface area contributed by atoms with Crippen molar-refractivity contribution in [2.24, 2.45) is 0 Å². The average molecular weight is 312 g/mol. The highest BCUT2D eigenvalue weighted by Gasteiger charge is 2.07. The van der Waals surface area contributed by atoms with Crippen molar-refractivity contribution in [2.45, 2.75) is 32.8 Å². The van der Waals surface area contributed by atoms with Crippen molar-refractivity contribution in [1.82, 2.24) is 0 Å². The Labute approximate surface area is 135 Å². The summed E-state index contributed by atoms with van der Waals surface area (Å²) in [5.74, 6) is -0.220. The standard InChI is InChI=1S/C19H20O4/c1-14-4-2-5-15(12-14)13-23-17-10-8-16(9-11-17)18(20)6-3-7-19(21)22/h2,4-5,8-12H,3,6-7,13H2,1H3,(H,21,22). The Morgan fingerprint density at radius 2 is 1.78 bits per heavy atom. The number of benzene rings is 2. The van der Waals surface area contributed by atoms with Crippen LogP contribution in [0.1, 0.15) is 40.7 Å². The third-order valence-electron chi connectivity index (χ3n) is 3.46. The van der Waals surface area contributed by atoms with E-state index in [-0.39, 0.29) is 18.6 Å². The fraction of sp³-hybridized carbons (Fsp3) is 0.263. The number of hydrogen-bond donors (Lipinski definition) is 1. The van der Waals surface area contributed by atoms with E-state index in [4.69, 9.17) is 9.84 Å². The third-order valence-corrected chi connectivity index (χ3v) is 3.46. The summed E-state index contributed by atoms with van der Waals surface area (Å²) < 4.78 is 5.71. The Morgan fingerprint density at radius 1 is 1.04 bits per heavy atom. The van der Waals surface area contributed by atoms with Gasteiger partial charge in [-0.3, -0.25) is 9.59 Å². The molecule has 2 aromatic rings. The zero-order chi connectivity index (χ0) is 16.7. The van der Waals surface area contributed by atoms with Crippen molar-refractivity contribution in [3.8, 4) is 5.75 Å². The maximum absolute atomic E-state index is 11.9. The van der Waals surface area contributed by atoms with Crippen LogP contribution >= 0.6 is 0 Å². The van der Waals surface area contributed by atoms with Crippen molar-refractivity contribution in [2.75, 3.05) is 0 Å². The van der Waals surface area contributed by atoms with Crippen molar-refractivity contribution in [3.05, 3.63) is 65.2 Å². The zero-order valence-electron chi connectivity index (χ0n) is 13.1. The highest BCUT2D eigenvalue weighted by atomic mass is 16.5. The molecule has 4 heteroatoms. The van der Waals surface area contributed by atoms with Crippen LogP contribution in [0.25, 0.3) is 0 Å². The van der Waals surface area contributed by atoms with Gasteiger partial charge in [-0.2, -0.15) is 0 Å². The summed E-state index contributed by atoms with van der Waals surface area (Å²) in [6.45, 7) is 2.52. The molecule has 0 aliphatic rings. The Morgan fingerprint density at radius 3 is 2.43 bits per heavy atom.